The lowest BCUT2D eigenvalue weighted by Crippen LogP contribution is -2.60. The molecule has 1 amide bonds. The number of nitrogens with one attached hydrogen (secondary N) is 1. The molecule has 1 aromatic rings. The van der Waals surface area contributed by atoms with Crippen molar-refractivity contribution in [1.82, 2.24) is 19.8 Å². The Bertz CT molecular complexity index is 691. The quantitative estimate of drug-likeness (QED) is 0.761. The summed E-state index contributed by atoms with van der Waals surface area (Å²) in [4.78, 5) is 26.1. The zero-order valence-electron chi connectivity index (χ0n) is 17.6. The van der Waals surface area contributed by atoms with Crippen LogP contribution in [0.5, 0.6) is 0 Å². The Balaban J connectivity index is 1.34. The molecule has 0 bridgehead atoms. The van der Waals surface area contributed by atoms with Crippen LogP contribution in [0.2, 0.25) is 0 Å². The van der Waals surface area contributed by atoms with Gasteiger partial charge in [-0.3, -0.25) is 9.69 Å². The van der Waals surface area contributed by atoms with Gasteiger partial charge < -0.3 is 15.3 Å². The third-order valence-electron chi connectivity index (χ3n) is 7.02. The van der Waals surface area contributed by atoms with Crippen LogP contribution in [0.3, 0.4) is 0 Å². The fourth-order valence-electron chi connectivity index (χ4n) is 5.17. The Morgan fingerprint density at radius 1 is 1.21 bits per heavy atom. The van der Waals surface area contributed by atoms with Crippen molar-refractivity contribution in [2.24, 2.45) is 11.8 Å². The highest BCUT2D eigenvalue weighted by molar-refractivity contribution is 5.79. The molecular weight excluding hydrogens is 366 g/mol. The maximum atomic E-state index is 12.9. The van der Waals surface area contributed by atoms with E-state index >= 15 is 0 Å². The van der Waals surface area contributed by atoms with E-state index in [0.717, 1.165) is 57.4 Å². The number of nitrogens with zero attached hydrogens (tertiary/aromatic N) is 4. The molecule has 2 N–H and O–H groups in total. The van der Waals surface area contributed by atoms with Gasteiger partial charge >= 0.3 is 0 Å². The summed E-state index contributed by atoms with van der Waals surface area (Å²) in [6.07, 6.45) is 10.8. The standard InChI is InChI=1S/C22H35N5O2/c1-2-9-23-21-24-12-17(13-25-21)14-26-10-7-22(29)8-11-27(16-19(22)15-26)20(28)18-5-3-4-6-18/h12-13,18-19,29H,2-11,14-16H2,1H3,(H,23,24,25)/t19-,22-/m1/s1. The molecule has 7 heteroatoms. The molecule has 0 aromatic carbocycles. The van der Waals surface area contributed by atoms with Crippen LogP contribution in [-0.4, -0.2) is 69.1 Å². The predicted molar refractivity (Wildman–Crippen MR) is 112 cm³/mol. The fraction of sp³-hybridized carbons (Fsp3) is 0.773. The molecule has 3 fully saturated rings. The molecule has 1 saturated carbocycles. The number of anilines is 1. The number of carbonyl (C=O) groups is 1. The normalized spacial score (nSPS) is 28.3. The van der Waals surface area contributed by atoms with Gasteiger partial charge in [0.2, 0.25) is 11.9 Å². The molecule has 1 aliphatic carbocycles. The lowest BCUT2D eigenvalue weighted by molar-refractivity contribution is -0.150. The second-order valence-electron chi connectivity index (χ2n) is 9.14. The van der Waals surface area contributed by atoms with Gasteiger partial charge in [-0.2, -0.15) is 0 Å². The lowest BCUT2D eigenvalue weighted by atomic mass is 9.75. The van der Waals surface area contributed by atoms with Crippen LogP contribution < -0.4 is 5.32 Å². The second-order valence-corrected chi connectivity index (χ2v) is 9.14. The largest absolute Gasteiger partial charge is 0.389 e. The average molecular weight is 402 g/mol. The Kier molecular flexibility index (Phi) is 6.35. The summed E-state index contributed by atoms with van der Waals surface area (Å²) in [7, 11) is 0. The number of aromatic nitrogens is 2. The molecule has 2 aliphatic heterocycles. The zero-order chi connectivity index (χ0) is 20.3. The van der Waals surface area contributed by atoms with Gasteiger partial charge in [-0.05, 0) is 32.1 Å². The monoisotopic (exact) mass is 401 g/mol. The number of hydrogen-bond donors (Lipinski definition) is 2. The van der Waals surface area contributed by atoms with Crippen LogP contribution in [0.1, 0.15) is 57.4 Å². The first-order chi connectivity index (χ1) is 14.1. The minimum Gasteiger partial charge on any atom is -0.389 e. The highest BCUT2D eigenvalue weighted by Gasteiger charge is 2.46. The van der Waals surface area contributed by atoms with Gasteiger partial charge in [0.15, 0.2) is 0 Å². The maximum Gasteiger partial charge on any atom is 0.225 e. The Morgan fingerprint density at radius 3 is 2.66 bits per heavy atom. The summed E-state index contributed by atoms with van der Waals surface area (Å²) in [5.74, 6) is 1.35. The molecule has 0 radical (unpaired) electrons. The number of hydrogen-bond acceptors (Lipinski definition) is 6. The van der Waals surface area contributed by atoms with Crippen LogP contribution >= 0.6 is 0 Å². The minimum absolute atomic E-state index is 0.127. The highest BCUT2D eigenvalue weighted by Crippen LogP contribution is 2.37. The van der Waals surface area contributed by atoms with Crippen molar-refractivity contribution in [3.05, 3.63) is 18.0 Å². The van der Waals surface area contributed by atoms with Gasteiger partial charge in [0.1, 0.15) is 0 Å². The first kappa shape index (κ1) is 20.5. The van der Waals surface area contributed by atoms with Crippen molar-refractivity contribution >= 4 is 11.9 Å². The van der Waals surface area contributed by atoms with Gasteiger partial charge in [-0.25, -0.2) is 9.97 Å². The third-order valence-corrected chi connectivity index (χ3v) is 7.02. The molecule has 2 atom stereocenters. The van der Waals surface area contributed by atoms with Crippen LogP contribution in [0.4, 0.5) is 5.95 Å². The molecule has 0 unspecified atom stereocenters. The Labute approximate surface area is 173 Å². The van der Waals surface area contributed by atoms with E-state index in [0.29, 0.717) is 31.4 Å². The summed E-state index contributed by atoms with van der Waals surface area (Å²) in [5, 5.41) is 14.4. The SMILES string of the molecule is CCCNc1ncc(CN2CC[C@@]3(O)CCN(C(=O)C4CCCC4)C[C@H]3C2)cn1. The average Bonchev–Trinajstić information content (AvgIpc) is 3.27. The Morgan fingerprint density at radius 2 is 1.93 bits per heavy atom. The van der Waals surface area contributed by atoms with Gasteiger partial charge in [0.25, 0.3) is 0 Å². The zero-order valence-corrected chi connectivity index (χ0v) is 17.6. The van der Waals surface area contributed by atoms with E-state index in [-0.39, 0.29) is 11.8 Å². The first-order valence-electron chi connectivity index (χ1n) is 11.4. The molecule has 2 saturated heterocycles. The molecule has 7 nitrogen and oxygen atoms in total. The molecule has 3 aliphatic rings. The number of aliphatic hydroxyl groups is 1. The molecular formula is C22H35N5O2. The van der Waals surface area contributed by atoms with Crippen molar-refractivity contribution in [1.29, 1.82) is 0 Å². The van der Waals surface area contributed by atoms with Crippen LogP contribution in [-0.2, 0) is 11.3 Å². The molecule has 29 heavy (non-hydrogen) atoms. The van der Waals surface area contributed by atoms with E-state index in [4.69, 9.17) is 0 Å². The van der Waals surface area contributed by atoms with E-state index in [2.05, 4.69) is 27.1 Å². The van der Waals surface area contributed by atoms with E-state index < -0.39 is 5.60 Å². The number of carbonyl (C=O) groups excluding carboxylic acids is 1. The first-order valence-corrected chi connectivity index (χ1v) is 11.4. The smallest absolute Gasteiger partial charge is 0.225 e. The van der Waals surface area contributed by atoms with Crippen molar-refractivity contribution in [2.75, 3.05) is 38.0 Å². The number of likely N-dealkylation sites (tertiary alicyclic amines) is 2. The van der Waals surface area contributed by atoms with Crippen molar-refractivity contribution in [3.8, 4) is 0 Å². The van der Waals surface area contributed by atoms with E-state index in [9.17, 15) is 9.90 Å². The van der Waals surface area contributed by atoms with Crippen LogP contribution in [0.25, 0.3) is 0 Å². The minimum atomic E-state index is -0.618. The van der Waals surface area contributed by atoms with Crippen LogP contribution in [0.15, 0.2) is 12.4 Å². The molecule has 160 valence electrons. The fourth-order valence-corrected chi connectivity index (χ4v) is 5.17. The van der Waals surface area contributed by atoms with Crippen LogP contribution in [0, 0.1) is 11.8 Å². The number of rotatable bonds is 6. The summed E-state index contributed by atoms with van der Waals surface area (Å²) in [6.45, 7) is 6.88. The lowest BCUT2D eigenvalue weighted by Gasteiger charge is -2.50. The van der Waals surface area contributed by atoms with E-state index in [1.165, 1.54) is 12.8 Å². The van der Waals surface area contributed by atoms with Crippen molar-refractivity contribution < 1.29 is 9.90 Å². The number of amides is 1. The summed E-state index contributed by atoms with van der Waals surface area (Å²) < 4.78 is 0. The number of fused-ring (bicyclic) bond motifs is 1. The maximum absolute atomic E-state index is 12.9. The van der Waals surface area contributed by atoms with E-state index in [1.807, 2.05) is 17.3 Å². The Hall–Kier alpha value is -1.73. The molecule has 3 heterocycles. The summed E-state index contributed by atoms with van der Waals surface area (Å²) in [6, 6.07) is 0. The summed E-state index contributed by atoms with van der Waals surface area (Å²) in [5.41, 5.74) is 0.472. The summed E-state index contributed by atoms with van der Waals surface area (Å²) >= 11 is 0. The van der Waals surface area contributed by atoms with Gasteiger partial charge in [0.05, 0.1) is 5.60 Å². The van der Waals surface area contributed by atoms with E-state index in [1.54, 1.807) is 0 Å². The predicted octanol–water partition coefficient (Wildman–Crippen LogP) is 2.27. The second kappa shape index (κ2) is 8.96. The topological polar surface area (TPSA) is 81.6 Å². The van der Waals surface area contributed by atoms with Crippen molar-refractivity contribution in [2.45, 2.75) is 64.0 Å². The van der Waals surface area contributed by atoms with Gasteiger partial charge in [-0.1, -0.05) is 19.8 Å². The van der Waals surface area contributed by atoms with Crippen molar-refractivity contribution in [3.63, 3.8) is 0 Å². The van der Waals surface area contributed by atoms with Gasteiger partial charge in [0, 0.05) is 69.1 Å². The molecule has 0 spiro atoms. The molecule has 1 aromatic heterocycles. The highest BCUT2D eigenvalue weighted by atomic mass is 16.3. The van der Waals surface area contributed by atoms with Gasteiger partial charge in [-0.15, -0.1) is 0 Å². The number of piperidine rings is 2. The molecule has 4 rings (SSSR count). The third kappa shape index (κ3) is 4.72.